The van der Waals surface area contributed by atoms with E-state index < -0.39 is 5.97 Å². The zero-order valence-electron chi connectivity index (χ0n) is 19.2. The number of carbonyl (C=O) groups is 2. The number of nitrogens with zero attached hydrogens (tertiary/aromatic N) is 5. The number of amides is 1. The minimum absolute atomic E-state index is 0.0899. The number of carbonyl (C=O) groups excluding carboxylic acids is 1. The van der Waals surface area contributed by atoms with Gasteiger partial charge in [-0.1, -0.05) is 22.9 Å². The second kappa shape index (κ2) is 9.55. The standard InChI is InChI=1S/C24H23ClN6O3S2/c25-19-6-5-18(35-19)23-29-28-20(36-23)12-31-17-4-1-13(24(33)34)11-16(17)27-21(31)22(32)26-14-7-9-30(10-8-14)15-2-3-15/h1,4-6,11,14-15H,2-3,7-10,12H2,(H,26,32)(H,33,34). The van der Waals surface area contributed by atoms with Crippen LogP contribution < -0.4 is 5.32 Å². The van der Waals surface area contributed by atoms with E-state index in [9.17, 15) is 14.7 Å². The first-order valence-corrected chi connectivity index (χ1v) is 13.8. The van der Waals surface area contributed by atoms with Crippen LogP contribution in [0.1, 0.15) is 51.7 Å². The Morgan fingerprint density at radius 2 is 1.89 bits per heavy atom. The van der Waals surface area contributed by atoms with Crippen molar-refractivity contribution in [3.8, 4) is 9.88 Å². The number of hydrogen-bond acceptors (Lipinski definition) is 8. The molecule has 1 aliphatic carbocycles. The molecule has 9 nitrogen and oxygen atoms in total. The van der Waals surface area contributed by atoms with Crippen molar-refractivity contribution in [3.05, 3.63) is 51.1 Å². The third kappa shape index (κ3) is 4.75. The van der Waals surface area contributed by atoms with Crippen LogP contribution in [0.3, 0.4) is 0 Å². The van der Waals surface area contributed by atoms with Gasteiger partial charge in [-0.05, 0) is 56.0 Å². The van der Waals surface area contributed by atoms with E-state index >= 15 is 0 Å². The number of hydrogen-bond donors (Lipinski definition) is 2. The topological polar surface area (TPSA) is 113 Å². The smallest absolute Gasteiger partial charge is 0.335 e. The Kier molecular flexibility index (Phi) is 6.24. The first-order chi connectivity index (χ1) is 17.4. The molecule has 1 aliphatic heterocycles. The molecule has 2 N–H and O–H groups in total. The molecule has 1 amide bonds. The van der Waals surface area contributed by atoms with E-state index in [1.54, 1.807) is 10.6 Å². The molecule has 1 aromatic carbocycles. The van der Waals surface area contributed by atoms with Crippen molar-refractivity contribution in [2.24, 2.45) is 0 Å². The molecule has 4 heterocycles. The van der Waals surface area contributed by atoms with Crippen molar-refractivity contribution in [1.29, 1.82) is 0 Å². The van der Waals surface area contributed by atoms with Crippen LogP contribution in [0, 0.1) is 0 Å². The average Bonchev–Trinajstić information content (AvgIpc) is 3.28. The van der Waals surface area contributed by atoms with Gasteiger partial charge in [0.25, 0.3) is 5.91 Å². The SMILES string of the molecule is O=C(O)c1ccc2c(c1)nc(C(=O)NC1CCN(C3CC3)CC1)n2Cc1nnc(-c2ccc(Cl)s2)s1. The molecule has 4 aromatic rings. The number of aromatic nitrogens is 4. The van der Waals surface area contributed by atoms with E-state index in [1.165, 1.54) is 47.6 Å². The number of nitrogens with one attached hydrogen (secondary N) is 1. The molecule has 0 spiro atoms. The predicted molar refractivity (Wildman–Crippen MR) is 139 cm³/mol. The van der Waals surface area contributed by atoms with Gasteiger partial charge < -0.3 is 19.9 Å². The van der Waals surface area contributed by atoms with Crippen LogP contribution in [0.5, 0.6) is 0 Å². The van der Waals surface area contributed by atoms with Crippen LogP contribution in [0.2, 0.25) is 4.34 Å². The number of likely N-dealkylation sites (tertiary alicyclic amines) is 1. The zero-order valence-corrected chi connectivity index (χ0v) is 21.6. The van der Waals surface area contributed by atoms with Gasteiger partial charge >= 0.3 is 5.97 Å². The van der Waals surface area contributed by atoms with Crippen molar-refractivity contribution >= 4 is 57.2 Å². The van der Waals surface area contributed by atoms with Crippen LogP contribution in [0.4, 0.5) is 0 Å². The number of imidazole rings is 1. The summed E-state index contributed by atoms with van der Waals surface area (Å²) < 4.78 is 2.47. The molecule has 2 aliphatic rings. The van der Waals surface area contributed by atoms with Crippen molar-refractivity contribution in [1.82, 2.24) is 30.0 Å². The number of halogens is 1. The summed E-state index contributed by atoms with van der Waals surface area (Å²) in [5.74, 6) is -1.06. The Morgan fingerprint density at radius 3 is 2.58 bits per heavy atom. The Balaban J connectivity index is 1.28. The molecular formula is C24H23ClN6O3S2. The van der Waals surface area contributed by atoms with Gasteiger partial charge in [-0.3, -0.25) is 4.79 Å². The third-order valence-electron chi connectivity index (χ3n) is 6.67. The highest BCUT2D eigenvalue weighted by molar-refractivity contribution is 7.23. The Labute approximate surface area is 219 Å². The Hall–Kier alpha value is -2.86. The van der Waals surface area contributed by atoms with Crippen molar-refractivity contribution < 1.29 is 14.7 Å². The molecule has 0 radical (unpaired) electrons. The molecule has 0 unspecified atom stereocenters. The summed E-state index contributed by atoms with van der Waals surface area (Å²) in [5, 5.41) is 22.7. The van der Waals surface area contributed by atoms with Gasteiger partial charge in [0, 0.05) is 25.2 Å². The molecule has 0 atom stereocenters. The van der Waals surface area contributed by atoms with E-state index in [0.29, 0.717) is 26.9 Å². The second-order valence-electron chi connectivity index (χ2n) is 9.15. The van der Waals surface area contributed by atoms with E-state index in [0.717, 1.165) is 41.9 Å². The molecular weight excluding hydrogens is 520 g/mol. The Bertz CT molecular complexity index is 1450. The lowest BCUT2D eigenvalue weighted by molar-refractivity contribution is 0.0696. The summed E-state index contributed by atoms with van der Waals surface area (Å²) in [6, 6.07) is 9.27. The van der Waals surface area contributed by atoms with Gasteiger partial charge in [-0.15, -0.1) is 21.5 Å². The number of benzene rings is 1. The molecule has 1 saturated heterocycles. The average molecular weight is 543 g/mol. The lowest BCUT2D eigenvalue weighted by Crippen LogP contribution is -2.45. The quantitative estimate of drug-likeness (QED) is 0.356. The fourth-order valence-corrected chi connectivity index (χ4v) is 6.60. The normalized spacial score (nSPS) is 17.0. The lowest BCUT2D eigenvalue weighted by atomic mass is 10.0. The Morgan fingerprint density at radius 1 is 1.08 bits per heavy atom. The van der Waals surface area contributed by atoms with Gasteiger partial charge in [-0.25, -0.2) is 9.78 Å². The monoisotopic (exact) mass is 542 g/mol. The zero-order chi connectivity index (χ0) is 24.8. The summed E-state index contributed by atoms with van der Waals surface area (Å²) in [7, 11) is 0. The lowest BCUT2D eigenvalue weighted by Gasteiger charge is -2.32. The highest BCUT2D eigenvalue weighted by Crippen LogP contribution is 2.33. The van der Waals surface area contributed by atoms with E-state index in [-0.39, 0.29) is 23.3 Å². The van der Waals surface area contributed by atoms with Gasteiger partial charge in [0.1, 0.15) is 5.01 Å². The van der Waals surface area contributed by atoms with Gasteiger partial charge in [0.2, 0.25) is 0 Å². The maximum Gasteiger partial charge on any atom is 0.335 e. The minimum Gasteiger partial charge on any atom is -0.478 e. The molecule has 186 valence electrons. The second-order valence-corrected chi connectivity index (χ2v) is 11.9. The first kappa shape index (κ1) is 23.5. The fourth-order valence-electron chi connectivity index (χ4n) is 4.68. The molecule has 3 aromatic heterocycles. The number of rotatable bonds is 7. The number of carboxylic acid groups (broad SMARTS) is 1. The number of aromatic carboxylic acids is 1. The molecule has 36 heavy (non-hydrogen) atoms. The fraction of sp³-hybridized carbons (Fsp3) is 0.375. The van der Waals surface area contributed by atoms with Gasteiger partial charge in [-0.2, -0.15) is 0 Å². The predicted octanol–water partition coefficient (Wildman–Crippen LogP) is 4.37. The van der Waals surface area contributed by atoms with Crippen molar-refractivity contribution in [3.63, 3.8) is 0 Å². The van der Waals surface area contributed by atoms with Crippen LogP contribution in [-0.4, -0.2) is 66.8 Å². The highest BCUT2D eigenvalue weighted by atomic mass is 35.5. The summed E-state index contributed by atoms with van der Waals surface area (Å²) >= 11 is 8.93. The van der Waals surface area contributed by atoms with E-state index in [4.69, 9.17) is 11.6 Å². The summed E-state index contributed by atoms with van der Waals surface area (Å²) in [4.78, 5) is 32.9. The maximum absolute atomic E-state index is 13.4. The van der Waals surface area contributed by atoms with Crippen LogP contribution in [0.25, 0.3) is 20.9 Å². The van der Waals surface area contributed by atoms with E-state index in [1.807, 2.05) is 12.1 Å². The summed E-state index contributed by atoms with van der Waals surface area (Å²) in [6.07, 6.45) is 4.39. The highest BCUT2D eigenvalue weighted by Gasteiger charge is 2.32. The minimum atomic E-state index is -1.04. The number of piperidine rings is 1. The molecule has 12 heteroatoms. The van der Waals surface area contributed by atoms with Gasteiger partial charge in [0.15, 0.2) is 10.8 Å². The first-order valence-electron chi connectivity index (χ1n) is 11.8. The van der Waals surface area contributed by atoms with Gasteiger partial charge in [0.05, 0.1) is 32.4 Å². The number of thiophene rings is 1. The van der Waals surface area contributed by atoms with Crippen LogP contribution >= 0.6 is 34.3 Å². The maximum atomic E-state index is 13.4. The van der Waals surface area contributed by atoms with Crippen LogP contribution in [0.15, 0.2) is 30.3 Å². The number of fused-ring (bicyclic) bond motifs is 1. The largest absolute Gasteiger partial charge is 0.478 e. The van der Waals surface area contributed by atoms with Crippen molar-refractivity contribution in [2.75, 3.05) is 13.1 Å². The summed E-state index contributed by atoms with van der Waals surface area (Å²) in [5.41, 5.74) is 1.25. The van der Waals surface area contributed by atoms with E-state index in [2.05, 4.69) is 25.4 Å². The third-order valence-corrected chi connectivity index (χ3v) is 8.98. The molecule has 6 rings (SSSR count). The van der Waals surface area contributed by atoms with Crippen molar-refractivity contribution in [2.45, 2.75) is 44.3 Å². The molecule has 0 bridgehead atoms. The molecule has 2 fully saturated rings. The molecule has 1 saturated carbocycles. The summed E-state index contributed by atoms with van der Waals surface area (Å²) in [6.45, 7) is 2.28. The van der Waals surface area contributed by atoms with Crippen LogP contribution in [-0.2, 0) is 6.54 Å². The number of carboxylic acids is 1.